The first-order valence-corrected chi connectivity index (χ1v) is 7.93. The van der Waals surface area contributed by atoms with Crippen molar-refractivity contribution in [2.45, 2.75) is 13.5 Å². The summed E-state index contributed by atoms with van der Waals surface area (Å²) in [5.41, 5.74) is 6.79. The summed E-state index contributed by atoms with van der Waals surface area (Å²) in [7, 11) is -1.81. The van der Waals surface area contributed by atoms with E-state index in [1.54, 1.807) is 24.3 Å². The van der Waals surface area contributed by atoms with Crippen molar-refractivity contribution in [2.75, 3.05) is 26.0 Å². The summed E-state index contributed by atoms with van der Waals surface area (Å²) in [6.45, 7) is 2.76. The van der Waals surface area contributed by atoms with Crippen LogP contribution in [-0.4, -0.2) is 44.6 Å². The van der Waals surface area contributed by atoms with E-state index >= 15 is 0 Å². The molecule has 0 aliphatic heterocycles. The van der Waals surface area contributed by atoms with Crippen molar-refractivity contribution in [3.05, 3.63) is 35.4 Å². The number of hydrogen-bond donors (Lipinski definition) is 2. The second-order valence-corrected chi connectivity index (χ2v) is 6.58. The summed E-state index contributed by atoms with van der Waals surface area (Å²) < 4.78 is 30.4. The van der Waals surface area contributed by atoms with E-state index in [9.17, 15) is 8.42 Å². The van der Waals surface area contributed by atoms with Gasteiger partial charge in [0, 0.05) is 25.8 Å². The van der Waals surface area contributed by atoms with Crippen molar-refractivity contribution in [3.8, 4) is 0 Å². The SMILES string of the molecule is CCOCCS(=O)(=O)N(C)Cc1cccc(C(=N)N)c1. The van der Waals surface area contributed by atoms with Crippen molar-refractivity contribution >= 4 is 15.9 Å². The normalized spacial score (nSPS) is 11.8. The topological polar surface area (TPSA) is 96.5 Å². The third-order valence-electron chi connectivity index (χ3n) is 2.81. The van der Waals surface area contributed by atoms with Crippen LogP contribution in [0.4, 0.5) is 0 Å². The zero-order chi connectivity index (χ0) is 15.2. The van der Waals surface area contributed by atoms with Gasteiger partial charge in [0.2, 0.25) is 10.0 Å². The Bertz CT molecular complexity index is 558. The Morgan fingerprint density at radius 2 is 2.15 bits per heavy atom. The molecule has 0 radical (unpaired) electrons. The highest BCUT2D eigenvalue weighted by Gasteiger charge is 2.17. The Morgan fingerprint density at radius 1 is 1.45 bits per heavy atom. The third-order valence-corrected chi connectivity index (χ3v) is 4.57. The predicted molar refractivity (Wildman–Crippen MR) is 79.2 cm³/mol. The summed E-state index contributed by atoms with van der Waals surface area (Å²) in [4.78, 5) is 0. The number of rotatable bonds is 8. The summed E-state index contributed by atoms with van der Waals surface area (Å²) in [5.74, 6) is -0.0716. The van der Waals surface area contributed by atoms with Crippen molar-refractivity contribution in [2.24, 2.45) is 5.73 Å². The van der Waals surface area contributed by atoms with Crippen LogP contribution in [0.1, 0.15) is 18.1 Å². The Hall–Kier alpha value is -1.44. The fraction of sp³-hybridized carbons (Fsp3) is 0.462. The lowest BCUT2D eigenvalue weighted by molar-refractivity contribution is 0.162. The van der Waals surface area contributed by atoms with Crippen LogP contribution in [0.25, 0.3) is 0 Å². The van der Waals surface area contributed by atoms with E-state index in [1.807, 2.05) is 6.92 Å². The molecule has 1 rings (SSSR count). The molecule has 0 saturated carbocycles. The van der Waals surface area contributed by atoms with Gasteiger partial charge in [-0.1, -0.05) is 18.2 Å². The van der Waals surface area contributed by atoms with Gasteiger partial charge in [-0.05, 0) is 18.6 Å². The number of sulfonamides is 1. The maximum atomic E-state index is 12.0. The minimum absolute atomic E-state index is 0.0336. The number of nitrogens with two attached hydrogens (primary N) is 1. The van der Waals surface area contributed by atoms with Gasteiger partial charge in [0.15, 0.2) is 0 Å². The molecule has 0 aliphatic carbocycles. The van der Waals surface area contributed by atoms with E-state index in [-0.39, 0.29) is 24.7 Å². The lowest BCUT2D eigenvalue weighted by atomic mass is 10.1. The van der Waals surface area contributed by atoms with Crippen LogP contribution in [0.15, 0.2) is 24.3 Å². The van der Waals surface area contributed by atoms with Crippen LogP contribution in [0, 0.1) is 5.41 Å². The molecule has 0 fully saturated rings. The van der Waals surface area contributed by atoms with Gasteiger partial charge in [-0.25, -0.2) is 12.7 Å². The number of amidine groups is 1. The summed E-state index contributed by atoms with van der Waals surface area (Å²) >= 11 is 0. The molecule has 7 heteroatoms. The molecule has 112 valence electrons. The molecule has 0 unspecified atom stereocenters. The average Bonchev–Trinajstić information content (AvgIpc) is 2.39. The van der Waals surface area contributed by atoms with E-state index in [1.165, 1.54) is 11.4 Å². The highest BCUT2D eigenvalue weighted by Crippen LogP contribution is 2.10. The number of nitrogens with one attached hydrogen (secondary N) is 1. The fourth-order valence-corrected chi connectivity index (χ4v) is 2.64. The second kappa shape index (κ2) is 7.37. The molecular weight excluding hydrogens is 278 g/mol. The first-order valence-electron chi connectivity index (χ1n) is 6.32. The lowest BCUT2D eigenvalue weighted by Crippen LogP contribution is -2.30. The smallest absolute Gasteiger partial charge is 0.216 e. The van der Waals surface area contributed by atoms with E-state index in [2.05, 4.69) is 0 Å². The Morgan fingerprint density at radius 3 is 2.75 bits per heavy atom. The van der Waals surface area contributed by atoms with Gasteiger partial charge in [0.1, 0.15) is 5.84 Å². The van der Waals surface area contributed by atoms with E-state index in [0.717, 1.165) is 5.56 Å². The molecule has 0 bridgehead atoms. The van der Waals surface area contributed by atoms with Crippen molar-refractivity contribution in [1.82, 2.24) is 4.31 Å². The van der Waals surface area contributed by atoms with Crippen LogP contribution in [-0.2, 0) is 21.3 Å². The first-order chi connectivity index (χ1) is 9.36. The molecular formula is C13H21N3O3S. The van der Waals surface area contributed by atoms with Crippen molar-refractivity contribution < 1.29 is 13.2 Å². The monoisotopic (exact) mass is 299 g/mol. The number of benzene rings is 1. The minimum Gasteiger partial charge on any atom is -0.384 e. The van der Waals surface area contributed by atoms with Gasteiger partial charge in [-0.3, -0.25) is 5.41 Å². The molecule has 0 saturated heterocycles. The highest BCUT2D eigenvalue weighted by molar-refractivity contribution is 7.89. The molecule has 3 N–H and O–H groups in total. The van der Waals surface area contributed by atoms with Crippen LogP contribution < -0.4 is 5.73 Å². The highest BCUT2D eigenvalue weighted by atomic mass is 32.2. The number of nitrogens with zero attached hydrogens (tertiary/aromatic N) is 1. The van der Waals surface area contributed by atoms with Crippen LogP contribution in [0.2, 0.25) is 0 Å². The molecule has 0 aliphatic rings. The lowest BCUT2D eigenvalue weighted by Gasteiger charge is -2.17. The van der Waals surface area contributed by atoms with Crippen LogP contribution >= 0.6 is 0 Å². The Balaban J connectivity index is 2.72. The number of hydrogen-bond acceptors (Lipinski definition) is 4. The van der Waals surface area contributed by atoms with Crippen molar-refractivity contribution in [1.29, 1.82) is 5.41 Å². The Kier molecular flexibility index (Phi) is 6.12. The van der Waals surface area contributed by atoms with Gasteiger partial charge in [-0.15, -0.1) is 0 Å². The zero-order valence-corrected chi connectivity index (χ0v) is 12.6. The average molecular weight is 299 g/mol. The fourth-order valence-electron chi connectivity index (χ4n) is 1.66. The number of ether oxygens (including phenoxy) is 1. The molecule has 20 heavy (non-hydrogen) atoms. The maximum Gasteiger partial charge on any atom is 0.216 e. The zero-order valence-electron chi connectivity index (χ0n) is 11.8. The largest absolute Gasteiger partial charge is 0.384 e. The van der Waals surface area contributed by atoms with E-state index < -0.39 is 10.0 Å². The summed E-state index contributed by atoms with van der Waals surface area (Å²) in [6.07, 6.45) is 0. The quantitative estimate of drug-likeness (QED) is 0.421. The second-order valence-electron chi connectivity index (χ2n) is 4.38. The third kappa shape index (κ3) is 4.92. The molecule has 1 aromatic rings. The molecule has 6 nitrogen and oxygen atoms in total. The van der Waals surface area contributed by atoms with Crippen molar-refractivity contribution in [3.63, 3.8) is 0 Å². The summed E-state index contributed by atoms with van der Waals surface area (Å²) in [6, 6.07) is 7.00. The van der Waals surface area contributed by atoms with Gasteiger partial charge in [0.05, 0.1) is 12.4 Å². The number of nitrogen functional groups attached to an aromatic ring is 1. The Labute approximate surface area is 120 Å². The van der Waals surface area contributed by atoms with E-state index in [0.29, 0.717) is 12.2 Å². The molecule has 0 aromatic heterocycles. The van der Waals surface area contributed by atoms with Gasteiger partial charge in [0.25, 0.3) is 0 Å². The molecule has 0 atom stereocenters. The van der Waals surface area contributed by atoms with Crippen LogP contribution in [0.5, 0.6) is 0 Å². The van der Waals surface area contributed by atoms with E-state index in [4.69, 9.17) is 15.9 Å². The van der Waals surface area contributed by atoms with Crippen LogP contribution in [0.3, 0.4) is 0 Å². The van der Waals surface area contributed by atoms with Gasteiger partial charge in [-0.2, -0.15) is 0 Å². The summed E-state index contributed by atoms with van der Waals surface area (Å²) in [5, 5.41) is 7.38. The maximum absolute atomic E-state index is 12.0. The first kappa shape index (κ1) is 16.6. The minimum atomic E-state index is -3.34. The predicted octanol–water partition coefficient (Wildman–Crippen LogP) is 0.769. The molecule has 1 aromatic carbocycles. The molecule has 0 amide bonds. The molecule has 0 spiro atoms. The van der Waals surface area contributed by atoms with Gasteiger partial charge >= 0.3 is 0 Å². The van der Waals surface area contributed by atoms with Gasteiger partial charge < -0.3 is 10.5 Å². The standard InChI is InChI=1S/C13H21N3O3S/c1-3-19-7-8-20(17,18)16(2)10-11-5-4-6-12(9-11)13(14)15/h4-6,9H,3,7-8,10H2,1-2H3,(H3,14,15). The molecule has 0 heterocycles.